The molecule has 2 aliphatic rings. The Morgan fingerprint density at radius 3 is 2.22 bits per heavy atom. The van der Waals surface area contributed by atoms with Crippen molar-refractivity contribution in [2.24, 2.45) is 5.92 Å². The Balaban J connectivity index is 1.64. The Kier molecular flexibility index (Phi) is 5.48. The molecule has 3 nitrogen and oxygen atoms in total. The molecule has 1 N–H and O–H groups in total. The number of nitrogens with zero attached hydrogens (tertiary/aromatic N) is 1. The summed E-state index contributed by atoms with van der Waals surface area (Å²) in [6, 6.07) is 0.642. The SMILES string of the molecule is CC(=O)N1CCC(NCC2CCCCCC2)CC1. The average Bonchev–Trinajstić information content (AvgIpc) is 2.65. The molecule has 0 aromatic carbocycles. The van der Waals surface area contributed by atoms with Crippen molar-refractivity contribution in [1.82, 2.24) is 10.2 Å². The van der Waals surface area contributed by atoms with E-state index in [2.05, 4.69) is 5.32 Å². The van der Waals surface area contributed by atoms with Crippen LogP contribution >= 0.6 is 0 Å². The van der Waals surface area contributed by atoms with E-state index >= 15 is 0 Å². The first-order chi connectivity index (χ1) is 8.75. The van der Waals surface area contributed by atoms with Gasteiger partial charge in [-0.15, -0.1) is 0 Å². The van der Waals surface area contributed by atoms with E-state index in [-0.39, 0.29) is 5.91 Å². The summed E-state index contributed by atoms with van der Waals surface area (Å²) in [5.74, 6) is 1.13. The van der Waals surface area contributed by atoms with Crippen LogP contribution < -0.4 is 5.32 Å². The molecule has 1 saturated heterocycles. The van der Waals surface area contributed by atoms with Crippen LogP contribution in [0.1, 0.15) is 58.3 Å². The lowest BCUT2D eigenvalue weighted by molar-refractivity contribution is -0.129. The van der Waals surface area contributed by atoms with E-state index in [4.69, 9.17) is 0 Å². The third-order valence-electron chi connectivity index (χ3n) is 4.61. The molecule has 2 fully saturated rings. The van der Waals surface area contributed by atoms with Gasteiger partial charge in [0, 0.05) is 26.1 Å². The van der Waals surface area contributed by atoms with E-state index in [0.29, 0.717) is 6.04 Å². The molecular formula is C15H28N2O. The Labute approximate surface area is 111 Å². The molecule has 0 aromatic heterocycles. The van der Waals surface area contributed by atoms with Crippen molar-refractivity contribution in [3.63, 3.8) is 0 Å². The summed E-state index contributed by atoms with van der Waals surface area (Å²) in [5.41, 5.74) is 0. The predicted octanol–water partition coefficient (Wildman–Crippen LogP) is 2.56. The van der Waals surface area contributed by atoms with E-state index in [0.717, 1.165) is 31.8 Å². The van der Waals surface area contributed by atoms with Crippen molar-refractivity contribution in [1.29, 1.82) is 0 Å². The number of hydrogen-bond donors (Lipinski definition) is 1. The minimum Gasteiger partial charge on any atom is -0.343 e. The molecule has 0 unspecified atom stereocenters. The molecule has 0 spiro atoms. The first-order valence-electron chi connectivity index (χ1n) is 7.74. The van der Waals surface area contributed by atoms with Crippen molar-refractivity contribution >= 4 is 5.91 Å². The maximum atomic E-state index is 11.3. The van der Waals surface area contributed by atoms with Gasteiger partial charge in [0.2, 0.25) is 5.91 Å². The van der Waals surface area contributed by atoms with Crippen LogP contribution in [0.15, 0.2) is 0 Å². The van der Waals surface area contributed by atoms with Crippen molar-refractivity contribution < 1.29 is 4.79 Å². The van der Waals surface area contributed by atoms with Crippen molar-refractivity contribution in [2.75, 3.05) is 19.6 Å². The Hall–Kier alpha value is -0.570. The van der Waals surface area contributed by atoms with E-state index < -0.39 is 0 Å². The molecule has 0 atom stereocenters. The minimum atomic E-state index is 0.234. The quantitative estimate of drug-likeness (QED) is 0.783. The predicted molar refractivity (Wildman–Crippen MR) is 74.5 cm³/mol. The summed E-state index contributed by atoms with van der Waals surface area (Å²) in [5, 5.41) is 3.74. The standard InChI is InChI=1S/C15H28N2O/c1-13(18)17-10-8-15(9-11-17)16-12-14-6-4-2-3-5-7-14/h14-16H,2-12H2,1H3. The molecule has 2 rings (SSSR count). The van der Waals surface area contributed by atoms with Gasteiger partial charge < -0.3 is 10.2 Å². The highest BCUT2D eigenvalue weighted by molar-refractivity contribution is 5.73. The molecule has 0 bridgehead atoms. The van der Waals surface area contributed by atoms with Crippen LogP contribution in [0, 0.1) is 5.92 Å². The highest BCUT2D eigenvalue weighted by Crippen LogP contribution is 2.22. The van der Waals surface area contributed by atoms with Crippen molar-refractivity contribution in [3.05, 3.63) is 0 Å². The van der Waals surface area contributed by atoms with Gasteiger partial charge in [0.05, 0.1) is 0 Å². The number of rotatable bonds is 3. The molecule has 3 heteroatoms. The lowest BCUT2D eigenvalue weighted by atomic mass is 9.98. The van der Waals surface area contributed by atoms with Crippen LogP contribution in [-0.4, -0.2) is 36.5 Å². The lowest BCUT2D eigenvalue weighted by Crippen LogP contribution is -2.45. The van der Waals surface area contributed by atoms with Gasteiger partial charge in [-0.1, -0.05) is 25.7 Å². The molecule has 0 radical (unpaired) electrons. The molecule has 1 heterocycles. The summed E-state index contributed by atoms with van der Waals surface area (Å²) in [7, 11) is 0. The summed E-state index contributed by atoms with van der Waals surface area (Å²) in [4.78, 5) is 13.2. The van der Waals surface area contributed by atoms with Crippen LogP contribution in [0.4, 0.5) is 0 Å². The van der Waals surface area contributed by atoms with Crippen molar-refractivity contribution in [3.8, 4) is 0 Å². The maximum Gasteiger partial charge on any atom is 0.219 e. The summed E-state index contributed by atoms with van der Waals surface area (Å²) >= 11 is 0. The van der Waals surface area contributed by atoms with Crippen molar-refractivity contribution in [2.45, 2.75) is 64.3 Å². The largest absolute Gasteiger partial charge is 0.343 e. The van der Waals surface area contributed by atoms with Gasteiger partial charge in [-0.05, 0) is 38.1 Å². The molecule has 104 valence electrons. The number of hydrogen-bond acceptors (Lipinski definition) is 2. The lowest BCUT2D eigenvalue weighted by Gasteiger charge is -2.32. The smallest absolute Gasteiger partial charge is 0.219 e. The molecule has 1 amide bonds. The fraction of sp³-hybridized carbons (Fsp3) is 0.933. The third kappa shape index (κ3) is 4.27. The molecule has 0 aromatic rings. The first-order valence-corrected chi connectivity index (χ1v) is 7.74. The zero-order valence-electron chi connectivity index (χ0n) is 11.8. The van der Waals surface area contributed by atoms with Gasteiger partial charge in [0.1, 0.15) is 0 Å². The van der Waals surface area contributed by atoms with Gasteiger partial charge in [0.25, 0.3) is 0 Å². The Morgan fingerprint density at radius 1 is 1.06 bits per heavy atom. The second kappa shape index (κ2) is 7.13. The van der Waals surface area contributed by atoms with Crippen LogP contribution in [0.2, 0.25) is 0 Å². The highest BCUT2D eigenvalue weighted by Gasteiger charge is 2.21. The van der Waals surface area contributed by atoms with Crippen LogP contribution in [-0.2, 0) is 4.79 Å². The highest BCUT2D eigenvalue weighted by atomic mass is 16.2. The van der Waals surface area contributed by atoms with E-state index in [1.54, 1.807) is 6.92 Å². The van der Waals surface area contributed by atoms with Gasteiger partial charge in [0.15, 0.2) is 0 Å². The second-order valence-corrected chi connectivity index (χ2v) is 6.05. The zero-order chi connectivity index (χ0) is 12.8. The molecule has 1 saturated carbocycles. The summed E-state index contributed by atoms with van der Waals surface area (Å²) in [6.07, 6.45) is 10.8. The fourth-order valence-electron chi connectivity index (χ4n) is 3.30. The van der Waals surface area contributed by atoms with Crippen LogP contribution in [0.3, 0.4) is 0 Å². The normalized spacial score (nSPS) is 23.9. The van der Waals surface area contributed by atoms with Crippen LogP contribution in [0.25, 0.3) is 0 Å². The van der Waals surface area contributed by atoms with E-state index in [1.165, 1.54) is 45.1 Å². The second-order valence-electron chi connectivity index (χ2n) is 6.05. The van der Waals surface area contributed by atoms with Gasteiger partial charge in [-0.25, -0.2) is 0 Å². The van der Waals surface area contributed by atoms with Gasteiger partial charge in [-0.2, -0.15) is 0 Å². The summed E-state index contributed by atoms with van der Waals surface area (Å²) < 4.78 is 0. The number of carbonyl (C=O) groups is 1. The Bertz CT molecular complexity index is 251. The minimum absolute atomic E-state index is 0.234. The van der Waals surface area contributed by atoms with E-state index in [1.807, 2.05) is 4.90 Å². The fourth-order valence-corrected chi connectivity index (χ4v) is 3.30. The molecule has 18 heavy (non-hydrogen) atoms. The number of likely N-dealkylation sites (tertiary alicyclic amines) is 1. The summed E-state index contributed by atoms with van der Waals surface area (Å²) in [6.45, 7) is 4.76. The molecule has 1 aliphatic heterocycles. The number of nitrogens with one attached hydrogen (secondary N) is 1. The van der Waals surface area contributed by atoms with E-state index in [9.17, 15) is 4.79 Å². The molecule has 1 aliphatic carbocycles. The topological polar surface area (TPSA) is 32.3 Å². The average molecular weight is 252 g/mol. The number of amides is 1. The first kappa shape index (κ1) is 13.9. The maximum absolute atomic E-state index is 11.3. The number of piperidine rings is 1. The molecular weight excluding hydrogens is 224 g/mol. The van der Waals surface area contributed by atoms with Crippen LogP contribution in [0.5, 0.6) is 0 Å². The Morgan fingerprint density at radius 2 is 1.67 bits per heavy atom. The zero-order valence-corrected chi connectivity index (χ0v) is 11.8. The third-order valence-corrected chi connectivity index (χ3v) is 4.61. The van der Waals surface area contributed by atoms with Gasteiger partial charge in [-0.3, -0.25) is 4.79 Å². The van der Waals surface area contributed by atoms with Gasteiger partial charge >= 0.3 is 0 Å². The number of carbonyl (C=O) groups excluding carboxylic acids is 1. The monoisotopic (exact) mass is 252 g/mol.